The van der Waals surface area contributed by atoms with Crippen molar-refractivity contribution in [1.82, 2.24) is 14.8 Å². The van der Waals surface area contributed by atoms with Gasteiger partial charge >= 0.3 is 12.1 Å². The number of allylic oxidation sites excluding steroid dienone is 3. The summed E-state index contributed by atoms with van der Waals surface area (Å²) >= 11 is 0. The number of carbonyl (C=O) groups excluding carboxylic acids is 2. The van der Waals surface area contributed by atoms with Crippen molar-refractivity contribution in [3.63, 3.8) is 0 Å². The number of amides is 1. The Bertz CT molecular complexity index is 1060. The lowest BCUT2D eigenvalue weighted by atomic mass is 9.88. The van der Waals surface area contributed by atoms with Gasteiger partial charge in [-0.2, -0.15) is 0 Å². The molecule has 0 aliphatic carbocycles. The molecule has 1 aromatic rings. The van der Waals surface area contributed by atoms with Crippen molar-refractivity contribution in [3.05, 3.63) is 66.0 Å². The third-order valence-electron chi connectivity index (χ3n) is 7.68. The second-order valence-corrected chi connectivity index (χ2v) is 11.3. The van der Waals surface area contributed by atoms with Gasteiger partial charge in [0.25, 0.3) is 0 Å². The normalized spacial score (nSPS) is 31.1. The van der Waals surface area contributed by atoms with Crippen LogP contribution in [0, 0.1) is 5.92 Å². The predicted molar refractivity (Wildman–Crippen MR) is 154 cm³/mol. The number of nitrogens with zero attached hydrogens (tertiary/aromatic N) is 3. The Kier molecular flexibility index (Phi) is 11.5. The molecule has 0 saturated carbocycles. The number of likely N-dealkylation sites (N-methyl/N-ethyl adjacent to an activating group) is 1. The summed E-state index contributed by atoms with van der Waals surface area (Å²) in [5.74, 6) is -0.692. The first kappa shape index (κ1) is 31.5. The zero-order chi connectivity index (χ0) is 29.3. The van der Waals surface area contributed by atoms with Crippen molar-refractivity contribution >= 4 is 12.1 Å². The van der Waals surface area contributed by atoms with Gasteiger partial charge < -0.3 is 29.5 Å². The van der Waals surface area contributed by atoms with Crippen LogP contribution in [0.2, 0.25) is 0 Å². The van der Waals surface area contributed by atoms with E-state index in [0.29, 0.717) is 13.1 Å². The molecule has 9 heteroatoms. The molecule has 0 bridgehead atoms. The van der Waals surface area contributed by atoms with Crippen molar-refractivity contribution < 1.29 is 29.3 Å². The molecule has 2 N–H and O–H groups in total. The zero-order valence-electron chi connectivity index (χ0n) is 24.4. The highest BCUT2D eigenvalue weighted by atomic mass is 16.6. The first-order chi connectivity index (χ1) is 19.0. The summed E-state index contributed by atoms with van der Waals surface area (Å²) in [6, 6.07) is 5.80. The van der Waals surface area contributed by atoms with E-state index in [1.165, 1.54) is 0 Å². The van der Waals surface area contributed by atoms with E-state index in [1.54, 1.807) is 24.1 Å². The van der Waals surface area contributed by atoms with Crippen molar-refractivity contribution in [3.8, 4) is 0 Å². The summed E-state index contributed by atoms with van der Waals surface area (Å²) in [4.78, 5) is 33.9. The average molecular weight is 556 g/mol. The van der Waals surface area contributed by atoms with Crippen LogP contribution in [0.1, 0.15) is 58.6 Å². The van der Waals surface area contributed by atoms with Gasteiger partial charge in [0.1, 0.15) is 11.7 Å². The molecular formula is C31H45N3O6. The number of ether oxygens (including phenoxy) is 2. The Hall–Kier alpha value is -3.01. The summed E-state index contributed by atoms with van der Waals surface area (Å²) in [5, 5.41) is 21.8. The van der Waals surface area contributed by atoms with Crippen LogP contribution in [0.25, 0.3) is 0 Å². The molecule has 0 aromatic carbocycles. The Morgan fingerprint density at radius 1 is 1.25 bits per heavy atom. The first-order valence-electron chi connectivity index (χ1n) is 14.1. The van der Waals surface area contributed by atoms with Crippen LogP contribution in [0.4, 0.5) is 4.79 Å². The largest absolute Gasteiger partial charge is 0.457 e. The van der Waals surface area contributed by atoms with Gasteiger partial charge in [0, 0.05) is 49.9 Å². The number of hydrogen-bond donors (Lipinski definition) is 2. The fourth-order valence-electron chi connectivity index (χ4n) is 4.84. The Balaban J connectivity index is 1.81. The summed E-state index contributed by atoms with van der Waals surface area (Å²) in [6.07, 6.45) is 8.23. The lowest BCUT2D eigenvalue weighted by Crippen LogP contribution is -2.50. The number of hydrogen-bond acceptors (Lipinski definition) is 8. The molecule has 0 spiro atoms. The third kappa shape index (κ3) is 9.28. The van der Waals surface area contributed by atoms with Crippen LogP contribution >= 0.6 is 0 Å². The molecule has 220 valence electrons. The number of cyclic esters (lactones) is 1. The van der Waals surface area contributed by atoms with Crippen LogP contribution in [-0.4, -0.2) is 94.2 Å². The number of pyridine rings is 1. The highest BCUT2D eigenvalue weighted by Gasteiger charge is 2.36. The maximum Gasteiger partial charge on any atom is 0.410 e. The molecule has 40 heavy (non-hydrogen) atoms. The van der Waals surface area contributed by atoms with Gasteiger partial charge in [-0.05, 0) is 57.5 Å². The van der Waals surface area contributed by atoms with E-state index < -0.39 is 36.0 Å². The van der Waals surface area contributed by atoms with E-state index >= 15 is 0 Å². The fourth-order valence-corrected chi connectivity index (χ4v) is 4.84. The van der Waals surface area contributed by atoms with E-state index in [0.717, 1.165) is 24.4 Å². The smallest absolute Gasteiger partial charge is 0.410 e. The lowest BCUT2D eigenvalue weighted by molar-refractivity contribution is -0.151. The lowest BCUT2D eigenvalue weighted by Gasteiger charge is -2.36. The molecule has 1 amide bonds. The molecule has 9 nitrogen and oxygen atoms in total. The molecule has 2 aliphatic heterocycles. The van der Waals surface area contributed by atoms with E-state index in [4.69, 9.17) is 9.47 Å². The highest BCUT2D eigenvalue weighted by Crippen LogP contribution is 2.27. The molecule has 1 aromatic heterocycles. The SMILES string of the molecule is C/C(=C\C=C\[C@H](C)c1ccccn1)[C@H]1OC(=O)C[C@H](O)CC[C@@](C)(O)[C@@H](OC(=O)N2CCN(C)CC2)/C=C\[C@@H]1C. The molecule has 1 fully saturated rings. The molecule has 3 rings (SSSR count). The van der Waals surface area contributed by atoms with E-state index in [9.17, 15) is 19.8 Å². The number of aliphatic hydroxyl groups is 2. The van der Waals surface area contributed by atoms with Gasteiger partial charge in [0.05, 0.1) is 12.5 Å². The highest BCUT2D eigenvalue weighted by molar-refractivity contribution is 5.70. The van der Waals surface area contributed by atoms with Gasteiger partial charge in [0.2, 0.25) is 0 Å². The van der Waals surface area contributed by atoms with E-state index in [1.807, 2.05) is 63.4 Å². The molecular weight excluding hydrogens is 510 g/mol. The molecule has 6 atom stereocenters. The number of aliphatic hydroxyl groups excluding tert-OH is 1. The van der Waals surface area contributed by atoms with E-state index in [2.05, 4.69) is 16.8 Å². The number of aromatic nitrogens is 1. The summed E-state index contributed by atoms with van der Waals surface area (Å²) < 4.78 is 11.7. The summed E-state index contributed by atoms with van der Waals surface area (Å²) in [7, 11) is 2.01. The van der Waals surface area contributed by atoms with Crippen molar-refractivity contribution in [1.29, 1.82) is 0 Å². The van der Waals surface area contributed by atoms with Crippen LogP contribution in [-0.2, 0) is 14.3 Å². The Morgan fingerprint density at radius 3 is 2.65 bits per heavy atom. The van der Waals surface area contributed by atoms with Gasteiger partial charge in [-0.15, -0.1) is 0 Å². The van der Waals surface area contributed by atoms with Crippen LogP contribution < -0.4 is 0 Å². The minimum atomic E-state index is -1.44. The van der Waals surface area contributed by atoms with Crippen LogP contribution in [0.5, 0.6) is 0 Å². The zero-order valence-corrected chi connectivity index (χ0v) is 24.4. The Morgan fingerprint density at radius 2 is 1.98 bits per heavy atom. The van der Waals surface area contributed by atoms with Gasteiger partial charge in [-0.3, -0.25) is 9.78 Å². The van der Waals surface area contributed by atoms with Gasteiger partial charge in [0.15, 0.2) is 6.10 Å². The first-order valence-corrected chi connectivity index (χ1v) is 14.1. The van der Waals surface area contributed by atoms with Crippen LogP contribution in [0.15, 0.2) is 60.3 Å². The van der Waals surface area contributed by atoms with Crippen molar-refractivity contribution in [2.75, 3.05) is 33.2 Å². The second kappa shape index (κ2) is 14.6. The molecule has 0 unspecified atom stereocenters. The predicted octanol–water partition coefficient (Wildman–Crippen LogP) is 3.84. The molecule has 2 aliphatic rings. The quantitative estimate of drug-likeness (QED) is 0.320. The molecule has 0 radical (unpaired) electrons. The number of rotatable bonds is 5. The average Bonchev–Trinajstić information content (AvgIpc) is 2.92. The maximum absolute atomic E-state index is 13.0. The second-order valence-electron chi connectivity index (χ2n) is 11.3. The van der Waals surface area contributed by atoms with Gasteiger partial charge in [-0.1, -0.05) is 44.2 Å². The summed E-state index contributed by atoms with van der Waals surface area (Å²) in [5.41, 5.74) is 0.337. The van der Waals surface area contributed by atoms with Crippen molar-refractivity contribution in [2.45, 2.75) is 76.8 Å². The Labute approximate surface area is 238 Å². The molecule has 3 heterocycles. The number of piperazine rings is 1. The number of carbonyl (C=O) groups is 2. The monoisotopic (exact) mass is 555 g/mol. The molecule has 1 saturated heterocycles. The number of esters is 1. The third-order valence-corrected chi connectivity index (χ3v) is 7.68. The fraction of sp³-hybridized carbons (Fsp3) is 0.581. The minimum Gasteiger partial charge on any atom is -0.457 e. The van der Waals surface area contributed by atoms with E-state index in [-0.39, 0.29) is 31.1 Å². The van der Waals surface area contributed by atoms with Crippen LogP contribution in [0.3, 0.4) is 0 Å². The minimum absolute atomic E-state index is 0.106. The van der Waals surface area contributed by atoms with Crippen molar-refractivity contribution in [2.24, 2.45) is 5.92 Å². The maximum atomic E-state index is 13.0. The topological polar surface area (TPSA) is 112 Å². The standard InChI is InChI=1S/C31H45N3O6/c1-22(26-11-6-7-16-32-26)9-8-10-23(2)29-24(3)12-13-27(39-30(37)34-19-17-33(5)18-20-34)31(4,38)15-14-25(35)21-28(36)40-29/h6-13,16,22,24-25,27,29,35,38H,14-15,17-21H2,1-5H3/b9-8+,13-12-,23-10+/t22-,24-,25+,27-,29+,31+/m0/s1. The summed E-state index contributed by atoms with van der Waals surface area (Å²) in [6.45, 7) is 10.1. The van der Waals surface area contributed by atoms with Gasteiger partial charge in [-0.25, -0.2) is 4.79 Å².